The minimum Gasteiger partial charge on any atom is -0.497 e. The van der Waals surface area contributed by atoms with Crippen molar-refractivity contribution in [1.29, 1.82) is 0 Å². The highest BCUT2D eigenvalue weighted by Gasteiger charge is 2.64. The molecule has 3 heterocycles. The largest absolute Gasteiger partial charge is 0.497 e. The number of amides is 3. The van der Waals surface area contributed by atoms with Gasteiger partial charge in [0, 0.05) is 32.1 Å². The lowest BCUT2D eigenvalue weighted by atomic mass is 9.86. The molecule has 2 aromatic rings. The molecule has 21 heteroatoms. The maximum Gasteiger partial charge on any atom is 0.438 e. The molecule has 61 heavy (non-hydrogen) atoms. The van der Waals surface area contributed by atoms with Crippen molar-refractivity contribution in [1.82, 2.24) is 30.2 Å². The number of nitrogens with one attached hydrogen (secondary N) is 3. The Labute approximate surface area is 352 Å². The molecular weight excluding hydrogens is 833 g/mol. The third-order valence-corrected chi connectivity index (χ3v) is 14.2. The number of hydrogen-bond acceptors (Lipinski definition) is 13. The van der Waals surface area contributed by atoms with Crippen LogP contribution in [0.5, 0.6) is 11.6 Å². The number of benzene rings is 1. The van der Waals surface area contributed by atoms with E-state index in [4.69, 9.17) is 18.9 Å². The standard InChI is InChI=1S/C40H56F4N6O10S/c1-22-9-7-8-10-24-18-39(24,35(53)49-61(55,56)38(21-41)13-14-38)48-32(51)29-17-26(59-33-31(40(42,43)44)45-27-12-11-25(58-6)16-28(27)46-33)19-50(29)34(52)30(23(15-22)20-57-5)47-36(54)60-37(2,3)4/h11-12,16,22-24,26,29-30,34,52H,7-10,13-15,17-21H2,1-6H3,(H,47,54)(H,48,51)(H,49,53)/t22-,23+,24+,26-,29+,30+,34?,39-/m1/s1. The summed E-state index contributed by atoms with van der Waals surface area (Å²) < 4.78 is 107. The first-order chi connectivity index (χ1) is 28.5. The van der Waals surface area contributed by atoms with Crippen molar-refractivity contribution in [2.45, 2.75) is 132 Å². The molecule has 0 radical (unpaired) electrons. The number of aromatic nitrogens is 2. The summed E-state index contributed by atoms with van der Waals surface area (Å²) in [6.07, 6.45) is -6.23. The van der Waals surface area contributed by atoms with E-state index in [1.807, 2.05) is 11.6 Å². The van der Waals surface area contributed by atoms with Gasteiger partial charge in [0.1, 0.15) is 40.6 Å². The van der Waals surface area contributed by atoms with E-state index >= 15 is 0 Å². The summed E-state index contributed by atoms with van der Waals surface area (Å²) in [5.74, 6) is -3.54. The van der Waals surface area contributed by atoms with Gasteiger partial charge < -0.3 is 34.7 Å². The fraction of sp³-hybridized carbons (Fsp3) is 0.725. The molecule has 4 fully saturated rings. The Morgan fingerprint density at radius 1 is 1.07 bits per heavy atom. The fourth-order valence-corrected chi connectivity index (χ4v) is 9.99. The van der Waals surface area contributed by atoms with E-state index < -0.39 is 104 Å². The van der Waals surface area contributed by atoms with Gasteiger partial charge in [-0.25, -0.2) is 27.6 Å². The zero-order valence-electron chi connectivity index (χ0n) is 35.1. The number of hydrogen-bond donors (Lipinski definition) is 4. The third-order valence-electron chi connectivity index (χ3n) is 12.1. The summed E-state index contributed by atoms with van der Waals surface area (Å²) in [6, 6.07) is 1.52. The highest BCUT2D eigenvalue weighted by atomic mass is 32.2. The van der Waals surface area contributed by atoms with Crippen molar-refractivity contribution in [3.8, 4) is 11.6 Å². The van der Waals surface area contributed by atoms with Crippen LogP contribution >= 0.6 is 0 Å². The second-order valence-electron chi connectivity index (χ2n) is 18.0. The second-order valence-corrected chi connectivity index (χ2v) is 20.0. The van der Waals surface area contributed by atoms with Crippen LogP contribution in [0.15, 0.2) is 18.2 Å². The summed E-state index contributed by atoms with van der Waals surface area (Å²) in [6.45, 7) is 5.44. The van der Waals surface area contributed by atoms with Crippen molar-refractivity contribution in [2.24, 2.45) is 17.8 Å². The number of carbonyl (C=O) groups excluding carboxylic acids is 3. The minimum atomic E-state index is -5.02. The summed E-state index contributed by atoms with van der Waals surface area (Å²) in [5, 5.41) is 17.9. The number of aliphatic hydroxyl groups excluding tert-OH is 1. The van der Waals surface area contributed by atoms with E-state index in [1.54, 1.807) is 20.8 Å². The number of methoxy groups -OCH3 is 2. The number of rotatable bonds is 10. The third kappa shape index (κ3) is 10.3. The van der Waals surface area contributed by atoms with Gasteiger partial charge in [0.15, 0.2) is 0 Å². The molecule has 1 unspecified atom stereocenters. The van der Waals surface area contributed by atoms with Gasteiger partial charge in [0.05, 0.1) is 36.8 Å². The van der Waals surface area contributed by atoms with Crippen molar-refractivity contribution in [2.75, 3.05) is 34.0 Å². The molecule has 2 aliphatic carbocycles. The van der Waals surface area contributed by atoms with Gasteiger partial charge in [-0.1, -0.05) is 26.2 Å². The van der Waals surface area contributed by atoms with E-state index in [0.717, 1.165) is 0 Å². The van der Waals surface area contributed by atoms with E-state index in [-0.39, 0.29) is 55.8 Å². The number of sulfonamides is 1. The highest BCUT2D eigenvalue weighted by molar-refractivity contribution is 7.91. The number of carbonyl (C=O) groups is 3. The lowest BCUT2D eigenvalue weighted by molar-refractivity contribution is -0.143. The highest BCUT2D eigenvalue weighted by Crippen LogP contribution is 2.49. The van der Waals surface area contributed by atoms with Crippen molar-refractivity contribution >= 4 is 39.0 Å². The van der Waals surface area contributed by atoms with Gasteiger partial charge in [0.2, 0.25) is 27.5 Å². The molecule has 340 valence electrons. The van der Waals surface area contributed by atoms with Gasteiger partial charge in [-0.05, 0) is 76.8 Å². The number of alkyl halides is 4. The van der Waals surface area contributed by atoms with Crippen LogP contribution in [-0.2, 0) is 35.3 Å². The second kappa shape index (κ2) is 17.6. The predicted molar refractivity (Wildman–Crippen MR) is 211 cm³/mol. The molecule has 1 aromatic carbocycles. The average Bonchev–Trinajstić information content (AvgIpc) is 4.08. The molecule has 4 N–H and O–H groups in total. The molecule has 2 saturated carbocycles. The molecule has 2 saturated heterocycles. The fourth-order valence-electron chi connectivity index (χ4n) is 8.57. The molecule has 3 amide bonds. The van der Waals surface area contributed by atoms with Crippen molar-refractivity contribution in [3.05, 3.63) is 23.9 Å². The molecule has 2 aliphatic heterocycles. The number of aliphatic hydroxyl groups is 1. The van der Waals surface area contributed by atoms with Crippen LogP contribution < -0.4 is 24.8 Å². The summed E-state index contributed by atoms with van der Waals surface area (Å²) in [5.41, 5.74) is -4.17. The van der Waals surface area contributed by atoms with Crippen LogP contribution in [0.25, 0.3) is 11.0 Å². The summed E-state index contributed by atoms with van der Waals surface area (Å²) in [4.78, 5) is 51.2. The van der Waals surface area contributed by atoms with Crippen LogP contribution in [0.1, 0.15) is 91.2 Å². The van der Waals surface area contributed by atoms with E-state index in [9.17, 15) is 45.5 Å². The molecular formula is C40H56F4N6O10S. The van der Waals surface area contributed by atoms with Crippen LogP contribution in [-0.4, -0.2) is 121 Å². The van der Waals surface area contributed by atoms with Gasteiger partial charge >= 0.3 is 12.3 Å². The first-order valence-corrected chi connectivity index (χ1v) is 22.0. The molecule has 0 bridgehead atoms. The first-order valence-electron chi connectivity index (χ1n) is 20.5. The number of nitrogens with zero attached hydrogens (tertiary/aromatic N) is 3. The molecule has 16 nitrogen and oxygen atoms in total. The zero-order valence-corrected chi connectivity index (χ0v) is 36.0. The smallest absolute Gasteiger partial charge is 0.438 e. The van der Waals surface area contributed by atoms with Crippen LogP contribution in [0.2, 0.25) is 0 Å². The van der Waals surface area contributed by atoms with Gasteiger partial charge in [-0.3, -0.25) is 19.2 Å². The number of ether oxygens (including phenoxy) is 4. The van der Waals surface area contributed by atoms with Gasteiger partial charge in [0.25, 0.3) is 5.91 Å². The predicted octanol–water partition coefficient (Wildman–Crippen LogP) is 4.38. The average molecular weight is 889 g/mol. The molecule has 0 spiro atoms. The Morgan fingerprint density at radius 3 is 2.39 bits per heavy atom. The topological polar surface area (TPSA) is 208 Å². The maximum absolute atomic E-state index is 14.6. The van der Waals surface area contributed by atoms with Crippen molar-refractivity contribution < 1.29 is 64.4 Å². The summed E-state index contributed by atoms with van der Waals surface area (Å²) >= 11 is 0. The molecule has 1 aromatic heterocycles. The Bertz CT molecular complexity index is 2070. The Balaban J connectivity index is 1.40. The number of fused-ring (bicyclic) bond motifs is 3. The van der Waals surface area contributed by atoms with E-state index in [1.165, 1.54) is 37.3 Å². The van der Waals surface area contributed by atoms with Gasteiger partial charge in [-0.15, -0.1) is 0 Å². The molecule has 4 aliphatic rings. The lowest BCUT2D eigenvalue weighted by Crippen LogP contribution is -2.61. The molecule has 6 rings (SSSR count). The monoisotopic (exact) mass is 888 g/mol. The Morgan fingerprint density at radius 2 is 1.77 bits per heavy atom. The number of alkyl carbamates (subject to hydrolysis) is 1. The van der Waals surface area contributed by atoms with E-state index in [2.05, 4.69) is 20.6 Å². The Hall–Kier alpha value is -4.08. The number of halogens is 4. The zero-order chi connectivity index (χ0) is 44.7. The van der Waals surface area contributed by atoms with Gasteiger partial charge in [-0.2, -0.15) is 13.2 Å². The van der Waals surface area contributed by atoms with Crippen LogP contribution in [0, 0.1) is 17.8 Å². The SMILES string of the molecule is COC[C@@H]1C[C@H](C)CCCC[C@H]2C[C@@]2(C(=O)NS(=O)(=O)C2(CF)CC2)NC(=O)[C@@H]2C[C@@H](Oc3nc4cc(OC)ccc4nc3C(F)(F)F)CN2C(O)[C@H]1NC(=O)OC(C)(C)C. The summed E-state index contributed by atoms with van der Waals surface area (Å²) in [7, 11) is -1.64. The van der Waals surface area contributed by atoms with Crippen molar-refractivity contribution in [3.63, 3.8) is 0 Å². The first kappa shape index (κ1) is 46.4. The normalized spacial score (nSPS) is 29.8. The minimum absolute atomic E-state index is 0.0179. The lowest BCUT2D eigenvalue weighted by Gasteiger charge is -2.39. The molecule has 8 atom stereocenters. The Kier molecular flexibility index (Phi) is 13.4. The maximum atomic E-state index is 14.6. The van der Waals surface area contributed by atoms with Crippen LogP contribution in [0.4, 0.5) is 22.4 Å². The van der Waals surface area contributed by atoms with E-state index in [0.29, 0.717) is 37.9 Å². The quantitative estimate of drug-likeness (QED) is 0.245. The van der Waals surface area contributed by atoms with Crippen LogP contribution in [0.3, 0.4) is 0 Å².